The number of ketones is 1. The zero-order valence-corrected chi connectivity index (χ0v) is 18.6. The Morgan fingerprint density at radius 3 is 2.42 bits per heavy atom. The van der Waals surface area contributed by atoms with Gasteiger partial charge in [0.25, 0.3) is 5.91 Å². The highest BCUT2D eigenvalue weighted by Crippen LogP contribution is 2.39. The molecule has 7 nitrogen and oxygen atoms in total. The van der Waals surface area contributed by atoms with Gasteiger partial charge in [-0.3, -0.25) is 9.59 Å². The van der Waals surface area contributed by atoms with E-state index in [0.717, 1.165) is 25.2 Å². The SMILES string of the molecule is CC[NH+](CC)CCN1C(=O)C(O)=C(C(=O)c2ccco2)[C@H]1c1ccc(OC(C)C)cc1. The maximum atomic E-state index is 13.1. The van der Waals surface area contributed by atoms with Gasteiger partial charge in [-0.05, 0) is 57.5 Å². The van der Waals surface area contributed by atoms with E-state index in [2.05, 4.69) is 13.8 Å². The lowest BCUT2D eigenvalue weighted by molar-refractivity contribution is -0.895. The molecule has 3 rings (SSSR count). The number of rotatable bonds is 10. The average molecular weight is 428 g/mol. The van der Waals surface area contributed by atoms with Crippen LogP contribution in [0.1, 0.15) is 49.9 Å². The number of aliphatic hydroxyl groups is 1. The molecule has 1 amide bonds. The molecule has 0 bridgehead atoms. The minimum atomic E-state index is -0.687. The largest absolute Gasteiger partial charge is 0.503 e. The summed E-state index contributed by atoms with van der Waals surface area (Å²) in [6.07, 6.45) is 1.43. The van der Waals surface area contributed by atoms with Gasteiger partial charge in [0.05, 0.1) is 50.2 Å². The number of carbonyl (C=O) groups excluding carboxylic acids is 2. The molecule has 0 spiro atoms. The fourth-order valence-corrected chi connectivity index (χ4v) is 3.89. The van der Waals surface area contributed by atoms with Crippen LogP contribution in [0.3, 0.4) is 0 Å². The molecule has 0 saturated carbocycles. The molecule has 2 aromatic rings. The first kappa shape index (κ1) is 22.6. The Kier molecular flexibility index (Phi) is 7.17. The molecule has 1 aliphatic rings. The second-order valence-corrected chi connectivity index (χ2v) is 7.91. The fourth-order valence-electron chi connectivity index (χ4n) is 3.89. The van der Waals surface area contributed by atoms with Gasteiger partial charge in [0.2, 0.25) is 5.78 Å². The lowest BCUT2D eigenvalue weighted by atomic mass is 9.95. The van der Waals surface area contributed by atoms with Gasteiger partial charge in [0.1, 0.15) is 5.75 Å². The third-order valence-corrected chi connectivity index (χ3v) is 5.57. The number of hydrogen-bond acceptors (Lipinski definition) is 5. The van der Waals surface area contributed by atoms with Crippen LogP contribution >= 0.6 is 0 Å². The summed E-state index contributed by atoms with van der Waals surface area (Å²) < 4.78 is 11.0. The van der Waals surface area contributed by atoms with Crippen LogP contribution in [-0.4, -0.2) is 54.0 Å². The second kappa shape index (κ2) is 9.83. The maximum absolute atomic E-state index is 13.1. The van der Waals surface area contributed by atoms with Crippen molar-refractivity contribution in [3.8, 4) is 5.75 Å². The summed E-state index contributed by atoms with van der Waals surface area (Å²) >= 11 is 0. The molecule has 0 aliphatic carbocycles. The van der Waals surface area contributed by atoms with Crippen molar-refractivity contribution in [2.75, 3.05) is 26.2 Å². The van der Waals surface area contributed by atoms with Crippen LogP contribution in [0.4, 0.5) is 0 Å². The van der Waals surface area contributed by atoms with Crippen LogP contribution in [0, 0.1) is 0 Å². The van der Waals surface area contributed by atoms with E-state index in [1.165, 1.54) is 17.2 Å². The van der Waals surface area contributed by atoms with E-state index in [4.69, 9.17) is 9.15 Å². The number of benzene rings is 1. The predicted molar refractivity (Wildman–Crippen MR) is 116 cm³/mol. The summed E-state index contributed by atoms with van der Waals surface area (Å²) in [4.78, 5) is 29.0. The van der Waals surface area contributed by atoms with Crippen molar-refractivity contribution in [1.82, 2.24) is 4.90 Å². The molecule has 0 radical (unpaired) electrons. The van der Waals surface area contributed by atoms with Crippen LogP contribution < -0.4 is 9.64 Å². The van der Waals surface area contributed by atoms with E-state index >= 15 is 0 Å². The zero-order chi connectivity index (χ0) is 22.5. The molecule has 166 valence electrons. The van der Waals surface area contributed by atoms with Crippen molar-refractivity contribution in [3.05, 3.63) is 65.3 Å². The number of quaternary nitrogens is 1. The summed E-state index contributed by atoms with van der Waals surface area (Å²) in [5, 5.41) is 10.7. The third kappa shape index (κ3) is 4.82. The van der Waals surface area contributed by atoms with Gasteiger partial charge < -0.3 is 24.1 Å². The molecule has 1 atom stereocenters. The molecule has 7 heteroatoms. The predicted octanol–water partition coefficient (Wildman–Crippen LogP) is 2.57. The van der Waals surface area contributed by atoms with Crippen LogP contribution in [0.15, 0.2) is 58.4 Å². The Morgan fingerprint density at radius 2 is 1.87 bits per heavy atom. The number of aliphatic hydroxyl groups excluding tert-OH is 1. The molecular formula is C24H31N2O5+. The maximum Gasteiger partial charge on any atom is 0.290 e. The van der Waals surface area contributed by atoms with Gasteiger partial charge in [-0.25, -0.2) is 0 Å². The van der Waals surface area contributed by atoms with E-state index in [1.807, 2.05) is 38.1 Å². The van der Waals surface area contributed by atoms with Gasteiger partial charge in [-0.15, -0.1) is 0 Å². The molecule has 0 fully saturated rings. The summed E-state index contributed by atoms with van der Waals surface area (Å²) in [5.74, 6) is -0.733. The topological polar surface area (TPSA) is 84.4 Å². The number of nitrogens with one attached hydrogen (secondary N) is 1. The number of carbonyl (C=O) groups is 2. The van der Waals surface area contributed by atoms with Crippen LogP contribution in [0.2, 0.25) is 0 Å². The van der Waals surface area contributed by atoms with Crippen molar-refractivity contribution in [1.29, 1.82) is 0 Å². The smallest absolute Gasteiger partial charge is 0.290 e. The summed E-state index contributed by atoms with van der Waals surface area (Å²) in [7, 11) is 0. The molecule has 31 heavy (non-hydrogen) atoms. The molecule has 2 N–H and O–H groups in total. The molecule has 2 heterocycles. The van der Waals surface area contributed by atoms with E-state index in [1.54, 1.807) is 11.0 Å². The van der Waals surface area contributed by atoms with E-state index in [-0.39, 0.29) is 17.4 Å². The minimum absolute atomic E-state index is 0.0347. The number of Topliss-reactive ketones (excluding diaryl/α,β-unsaturated/α-hetero) is 1. The summed E-state index contributed by atoms with van der Waals surface area (Å²) in [6.45, 7) is 11.1. The lowest BCUT2D eigenvalue weighted by Crippen LogP contribution is -3.12. The fraction of sp³-hybridized carbons (Fsp3) is 0.417. The van der Waals surface area contributed by atoms with Crippen molar-refractivity contribution in [2.24, 2.45) is 0 Å². The van der Waals surface area contributed by atoms with Gasteiger partial charge >= 0.3 is 0 Å². The number of furan rings is 1. The third-order valence-electron chi connectivity index (χ3n) is 5.57. The Bertz CT molecular complexity index is 927. The number of amides is 1. The quantitative estimate of drug-likeness (QED) is 0.570. The van der Waals surface area contributed by atoms with Crippen molar-refractivity contribution in [3.63, 3.8) is 0 Å². The summed E-state index contributed by atoms with van der Waals surface area (Å²) in [6, 6.07) is 9.76. The molecule has 1 aromatic carbocycles. The van der Waals surface area contributed by atoms with Crippen molar-refractivity contribution < 1.29 is 28.7 Å². The van der Waals surface area contributed by atoms with Gasteiger partial charge in [-0.2, -0.15) is 0 Å². The number of likely N-dealkylation sites (N-methyl/N-ethyl adjacent to an activating group) is 1. The Labute approximate surface area is 182 Å². The first-order chi connectivity index (χ1) is 14.9. The van der Waals surface area contributed by atoms with E-state index in [0.29, 0.717) is 12.3 Å². The second-order valence-electron chi connectivity index (χ2n) is 7.91. The highest BCUT2D eigenvalue weighted by Gasteiger charge is 2.44. The Hall–Kier alpha value is -3.06. The number of nitrogens with zero attached hydrogens (tertiary/aromatic N) is 1. The Morgan fingerprint density at radius 1 is 1.19 bits per heavy atom. The molecule has 1 aromatic heterocycles. The first-order valence-electron chi connectivity index (χ1n) is 10.8. The number of ether oxygens (including phenoxy) is 1. The first-order valence-corrected chi connectivity index (χ1v) is 10.8. The van der Waals surface area contributed by atoms with Crippen molar-refractivity contribution in [2.45, 2.75) is 39.8 Å². The highest BCUT2D eigenvalue weighted by atomic mass is 16.5. The van der Waals surface area contributed by atoms with Crippen LogP contribution in [0.5, 0.6) is 5.75 Å². The van der Waals surface area contributed by atoms with Crippen molar-refractivity contribution >= 4 is 11.7 Å². The number of hydrogen-bond donors (Lipinski definition) is 2. The monoisotopic (exact) mass is 427 g/mol. The zero-order valence-electron chi connectivity index (χ0n) is 18.6. The van der Waals surface area contributed by atoms with Gasteiger partial charge in [0, 0.05) is 0 Å². The van der Waals surface area contributed by atoms with Crippen LogP contribution in [0.25, 0.3) is 0 Å². The van der Waals surface area contributed by atoms with E-state index in [9.17, 15) is 14.7 Å². The molecule has 0 unspecified atom stereocenters. The molecule has 0 saturated heterocycles. The molecule has 1 aliphatic heterocycles. The standard InChI is InChI=1S/C24H30N2O5/c1-5-25(6-2)13-14-26-21(17-9-11-18(12-10-17)31-16(3)4)20(23(28)24(26)29)22(27)19-8-7-15-30-19/h7-12,15-16,21,28H,5-6,13-14H2,1-4H3/p+1/t21-/m1/s1. The van der Waals surface area contributed by atoms with Gasteiger partial charge in [0.15, 0.2) is 11.5 Å². The Balaban J connectivity index is 1.97. The normalized spacial score (nSPS) is 16.6. The van der Waals surface area contributed by atoms with E-state index < -0.39 is 23.5 Å². The highest BCUT2D eigenvalue weighted by molar-refractivity contribution is 6.15. The lowest BCUT2D eigenvalue weighted by Gasteiger charge is -2.28. The average Bonchev–Trinajstić information content (AvgIpc) is 3.37. The van der Waals surface area contributed by atoms with Gasteiger partial charge in [-0.1, -0.05) is 12.1 Å². The van der Waals surface area contributed by atoms with Crippen LogP contribution in [-0.2, 0) is 4.79 Å². The molecular weight excluding hydrogens is 396 g/mol. The summed E-state index contributed by atoms with van der Waals surface area (Å²) in [5.41, 5.74) is 0.782. The minimum Gasteiger partial charge on any atom is -0.503 e.